The highest BCUT2D eigenvalue weighted by molar-refractivity contribution is 7.86. The van der Waals surface area contributed by atoms with Crippen LogP contribution < -0.4 is 0 Å². The molecule has 7 rings (SSSR count). The zero-order valence-electron chi connectivity index (χ0n) is 21.9. The van der Waals surface area contributed by atoms with Crippen molar-refractivity contribution in [3.63, 3.8) is 0 Å². The third-order valence-electron chi connectivity index (χ3n) is 10.8. The molecule has 7 fully saturated rings. The Labute approximate surface area is 223 Å². The molecule has 1 spiro atoms. The number of hydrogen-bond acceptors (Lipinski definition) is 10. The standard InChI is InChI=1S/C25H32F2O11S/c1-20(2)21(3)4-5-23(20,38-18(21)29)19(30)37-22-8-13-6-14(9-22)25(15(7-13)10-22)35-11-16(36-25)17(28)34-12-24(26,27)39(31,32)33/h13-16H,4-12H2,1-3H3,(H,31,32,33). The summed E-state index contributed by atoms with van der Waals surface area (Å²) in [6, 6.07) is 0. The summed E-state index contributed by atoms with van der Waals surface area (Å²) in [5, 5.41) is -4.66. The normalized spacial score (nSPS) is 45.5. The van der Waals surface area contributed by atoms with Crippen molar-refractivity contribution in [3.05, 3.63) is 0 Å². The molecular formula is C25H32F2O11S. The number of halogens is 2. The molecule has 0 radical (unpaired) electrons. The summed E-state index contributed by atoms with van der Waals surface area (Å²) in [5.41, 5.74) is -3.66. The van der Waals surface area contributed by atoms with Crippen molar-refractivity contribution >= 4 is 28.0 Å². The van der Waals surface area contributed by atoms with Gasteiger partial charge in [-0.2, -0.15) is 17.2 Å². The Morgan fingerprint density at radius 3 is 2.28 bits per heavy atom. The summed E-state index contributed by atoms with van der Waals surface area (Å²) in [6.45, 7) is 3.43. The monoisotopic (exact) mass is 578 g/mol. The van der Waals surface area contributed by atoms with E-state index in [0.717, 1.165) is 0 Å². The average Bonchev–Trinajstić information content (AvgIpc) is 3.40. The number of rotatable bonds is 6. The number of alkyl halides is 2. The van der Waals surface area contributed by atoms with Crippen LogP contribution in [0.25, 0.3) is 0 Å². The quantitative estimate of drug-likeness (QED) is 0.281. The molecule has 5 atom stereocenters. The second-order valence-electron chi connectivity index (χ2n) is 12.9. The van der Waals surface area contributed by atoms with Gasteiger partial charge < -0.3 is 23.7 Å². The lowest BCUT2D eigenvalue weighted by molar-refractivity contribution is -0.321. The number of ether oxygens (including phenoxy) is 5. The van der Waals surface area contributed by atoms with Gasteiger partial charge in [0, 0.05) is 17.3 Å². The summed E-state index contributed by atoms with van der Waals surface area (Å²) in [4.78, 5) is 38.8. The molecule has 6 bridgehead atoms. The predicted octanol–water partition coefficient (Wildman–Crippen LogP) is 2.37. The molecule has 39 heavy (non-hydrogen) atoms. The van der Waals surface area contributed by atoms with Crippen molar-refractivity contribution in [3.8, 4) is 0 Å². The van der Waals surface area contributed by atoms with Gasteiger partial charge in [0.1, 0.15) is 5.60 Å². The van der Waals surface area contributed by atoms with E-state index in [4.69, 9.17) is 23.5 Å². The summed E-state index contributed by atoms with van der Waals surface area (Å²) >= 11 is 0. The predicted molar refractivity (Wildman–Crippen MR) is 123 cm³/mol. The first-order valence-electron chi connectivity index (χ1n) is 13.2. The van der Waals surface area contributed by atoms with Crippen LogP contribution in [0.1, 0.15) is 65.7 Å². The Bertz CT molecular complexity index is 1230. The van der Waals surface area contributed by atoms with Gasteiger partial charge >= 0.3 is 33.3 Å². The van der Waals surface area contributed by atoms with E-state index in [-0.39, 0.29) is 30.3 Å². The van der Waals surface area contributed by atoms with Gasteiger partial charge in [0.2, 0.25) is 5.60 Å². The van der Waals surface area contributed by atoms with Gasteiger partial charge in [-0.25, -0.2) is 9.59 Å². The Balaban J connectivity index is 1.16. The number of fused-ring (bicyclic) bond motifs is 2. The van der Waals surface area contributed by atoms with Gasteiger partial charge in [0.25, 0.3) is 0 Å². The Morgan fingerprint density at radius 2 is 1.74 bits per heavy atom. The molecule has 2 saturated heterocycles. The number of carbonyl (C=O) groups is 3. The largest absolute Gasteiger partial charge is 0.456 e. The molecule has 5 aliphatic carbocycles. The summed E-state index contributed by atoms with van der Waals surface area (Å²) in [7, 11) is -5.75. The van der Waals surface area contributed by atoms with Gasteiger partial charge in [-0.3, -0.25) is 9.35 Å². The minimum absolute atomic E-state index is 0.220. The lowest BCUT2D eigenvalue weighted by Crippen LogP contribution is -2.66. The molecule has 2 heterocycles. The molecule has 218 valence electrons. The Morgan fingerprint density at radius 1 is 1.10 bits per heavy atom. The SMILES string of the molecule is CC12CCC(C(=O)OC34CC5CC(C3)C3(OCC(C(=O)OCC(F)(F)S(=O)(=O)O)O3)C(C5)C4)(OC1=O)C2(C)C. The molecule has 5 unspecified atom stereocenters. The maximum Gasteiger partial charge on any atom is 0.402 e. The topological polar surface area (TPSA) is 152 Å². The van der Waals surface area contributed by atoms with Crippen molar-refractivity contribution in [2.75, 3.05) is 13.2 Å². The van der Waals surface area contributed by atoms with Gasteiger partial charge in [-0.05, 0) is 57.8 Å². The van der Waals surface area contributed by atoms with E-state index < -0.39 is 67.8 Å². The van der Waals surface area contributed by atoms with Gasteiger partial charge in [-0.15, -0.1) is 0 Å². The van der Waals surface area contributed by atoms with Gasteiger partial charge in [-0.1, -0.05) is 13.8 Å². The van der Waals surface area contributed by atoms with Crippen LogP contribution in [0.4, 0.5) is 8.78 Å². The number of esters is 3. The van der Waals surface area contributed by atoms with Gasteiger partial charge in [0.15, 0.2) is 18.5 Å². The highest BCUT2D eigenvalue weighted by Crippen LogP contribution is 2.68. The molecule has 0 aromatic heterocycles. The fraction of sp³-hybridized carbons (Fsp3) is 0.880. The lowest BCUT2D eigenvalue weighted by Gasteiger charge is -2.62. The van der Waals surface area contributed by atoms with E-state index in [1.54, 1.807) is 0 Å². The molecule has 0 aromatic rings. The van der Waals surface area contributed by atoms with Crippen LogP contribution in [-0.2, 0) is 48.2 Å². The van der Waals surface area contributed by atoms with Crippen LogP contribution in [-0.4, -0.2) is 72.4 Å². The first kappa shape index (κ1) is 27.3. The second kappa shape index (κ2) is 7.89. The molecule has 7 aliphatic rings. The molecule has 0 aromatic carbocycles. The Kier molecular flexibility index (Phi) is 5.52. The van der Waals surface area contributed by atoms with Crippen molar-refractivity contribution in [2.24, 2.45) is 28.6 Å². The zero-order valence-corrected chi connectivity index (χ0v) is 22.7. The van der Waals surface area contributed by atoms with Crippen LogP contribution in [0.2, 0.25) is 0 Å². The van der Waals surface area contributed by atoms with E-state index in [9.17, 15) is 31.6 Å². The Hall–Kier alpha value is -1.90. The first-order chi connectivity index (χ1) is 17.9. The van der Waals surface area contributed by atoms with Crippen LogP contribution >= 0.6 is 0 Å². The van der Waals surface area contributed by atoms with Crippen molar-refractivity contribution in [1.82, 2.24) is 0 Å². The van der Waals surface area contributed by atoms with Crippen molar-refractivity contribution < 1.29 is 59.8 Å². The average molecular weight is 579 g/mol. The van der Waals surface area contributed by atoms with Crippen LogP contribution in [0.5, 0.6) is 0 Å². The van der Waals surface area contributed by atoms with E-state index in [2.05, 4.69) is 4.74 Å². The minimum Gasteiger partial charge on any atom is -0.456 e. The van der Waals surface area contributed by atoms with Gasteiger partial charge in [0.05, 0.1) is 12.0 Å². The highest BCUT2D eigenvalue weighted by Gasteiger charge is 2.77. The molecule has 11 nitrogen and oxygen atoms in total. The van der Waals surface area contributed by atoms with Crippen LogP contribution in [0, 0.1) is 28.6 Å². The summed E-state index contributed by atoms with van der Waals surface area (Å²) in [5.74, 6) is -3.62. The zero-order chi connectivity index (χ0) is 28.4. The van der Waals surface area contributed by atoms with E-state index in [0.29, 0.717) is 44.9 Å². The lowest BCUT2D eigenvalue weighted by atomic mass is 9.51. The molecule has 14 heteroatoms. The molecule has 2 aliphatic heterocycles. The smallest absolute Gasteiger partial charge is 0.402 e. The van der Waals surface area contributed by atoms with Crippen molar-refractivity contribution in [2.45, 2.75) is 94.1 Å². The first-order valence-corrected chi connectivity index (χ1v) is 14.6. The van der Waals surface area contributed by atoms with E-state index in [1.165, 1.54) is 0 Å². The maximum absolute atomic E-state index is 13.7. The third-order valence-corrected chi connectivity index (χ3v) is 11.7. The second-order valence-corrected chi connectivity index (χ2v) is 14.5. The summed E-state index contributed by atoms with van der Waals surface area (Å²) < 4.78 is 85.7. The minimum atomic E-state index is -5.75. The van der Waals surface area contributed by atoms with Crippen LogP contribution in [0.15, 0.2) is 0 Å². The fourth-order valence-electron chi connectivity index (χ4n) is 8.32. The van der Waals surface area contributed by atoms with Crippen LogP contribution in [0.3, 0.4) is 0 Å². The van der Waals surface area contributed by atoms with Crippen molar-refractivity contribution in [1.29, 1.82) is 0 Å². The van der Waals surface area contributed by atoms with E-state index in [1.807, 2.05) is 20.8 Å². The number of carbonyl (C=O) groups excluding carboxylic acids is 3. The van der Waals surface area contributed by atoms with E-state index >= 15 is 0 Å². The number of hydrogen-bond donors (Lipinski definition) is 1. The summed E-state index contributed by atoms with van der Waals surface area (Å²) in [6.07, 6.45) is 2.42. The highest BCUT2D eigenvalue weighted by atomic mass is 32.2. The fourth-order valence-corrected chi connectivity index (χ4v) is 8.53. The molecule has 5 saturated carbocycles. The molecular weight excluding hydrogens is 546 g/mol. The maximum atomic E-state index is 13.7. The third kappa shape index (κ3) is 3.46. The molecule has 0 amide bonds. The molecule has 1 N–H and O–H groups in total.